The zero-order valence-electron chi connectivity index (χ0n) is 10.1. The molecule has 1 aromatic rings. The van der Waals surface area contributed by atoms with Crippen molar-refractivity contribution in [3.8, 4) is 0 Å². The molecule has 3 nitrogen and oxygen atoms in total. The number of hydrogen-bond donors (Lipinski definition) is 2. The molecule has 2 unspecified atom stereocenters. The highest BCUT2D eigenvalue weighted by molar-refractivity contribution is 5.14. The first-order chi connectivity index (χ1) is 8.31. The summed E-state index contributed by atoms with van der Waals surface area (Å²) in [6.45, 7) is 1.92. The van der Waals surface area contributed by atoms with E-state index < -0.39 is 0 Å². The van der Waals surface area contributed by atoms with Gasteiger partial charge in [0, 0.05) is 6.54 Å². The Hall–Kier alpha value is -0.900. The van der Waals surface area contributed by atoms with Crippen molar-refractivity contribution in [2.24, 2.45) is 0 Å². The summed E-state index contributed by atoms with van der Waals surface area (Å²) in [6.07, 6.45) is 2.58. The predicted molar refractivity (Wildman–Crippen MR) is 67.8 cm³/mol. The Balaban J connectivity index is 1.75. The second-order valence-electron chi connectivity index (χ2n) is 4.73. The number of aryl methyl sites for hydroxylation is 1. The molecule has 1 aliphatic rings. The largest absolute Gasteiger partial charge is 0.395 e. The molecule has 2 rings (SSSR count). The van der Waals surface area contributed by atoms with Crippen molar-refractivity contribution in [2.45, 2.75) is 31.4 Å². The average Bonchev–Trinajstić information content (AvgIpc) is 2.71. The quantitative estimate of drug-likeness (QED) is 0.801. The molecule has 1 aliphatic heterocycles. The first kappa shape index (κ1) is 12.6. The van der Waals surface area contributed by atoms with Gasteiger partial charge in [-0.05, 0) is 31.4 Å². The van der Waals surface area contributed by atoms with Crippen molar-refractivity contribution in [2.75, 3.05) is 19.7 Å². The Morgan fingerprint density at radius 3 is 2.71 bits per heavy atom. The Kier molecular flexibility index (Phi) is 4.54. The number of nitrogens with zero attached hydrogens (tertiary/aromatic N) is 1. The SMILES string of the molecule is OCC1C(O)CCN1CCCc1ccccc1. The molecule has 3 heteroatoms. The van der Waals surface area contributed by atoms with E-state index in [1.54, 1.807) is 0 Å². The van der Waals surface area contributed by atoms with Crippen LogP contribution in [-0.2, 0) is 6.42 Å². The summed E-state index contributed by atoms with van der Waals surface area (Å²) in [5, 5.41) is 18.9. The van der Waals surface area contributed by atoms with Crippen molar-refractivity contribution in [3.05, 3.63) is 35.9 Å². The summed E-state index contributed by atoms with van der Waals surface area (Å²) in [7, 11) is 0. The third-order valence-electron chi connectivity index (χ3n) is 3.57. The van der Waals surface area contributed by atoms with Gasteiger partial charge in [0.1, 0.15) is 0 Å². The molecule has 0 bridgehead atoms. The highest BCUT2D eigenvalue weighted by Gasteiger charge is 2.31. The van der Waals surface area contributed by atoms with Gasteiger partial charge >= 0.3 is 0 Å². The third kappa shape index (κ3) is 3.28. The molecular weight excluding hydrogens is 214 g/mol. The van der Waals surface area contributed by atoms with Crippen LogP contribution in [0.4, 0.5) is 0 Å². The maximum absolute atomic E-state index is 9.67. The Morgan fingerprint density at radius 1 is 1.24 bits per heavy atom. The van der Waals surface area contributed by atoms with Gasteiger partial charge in [-0.1, -0.05) is 30.3 Å². The standard InChI is InChI=1S/C14H21NO2/c16-11-13-14(17)8-10-15(13)9-4-7-12-5-2-1-3-6-12/h1-3,5-6,13-14,16-17H,4,7-11H2. The van der Waals surface area contributed by atoms with Crippen LogP contribution in [0.1, 0.15) is 18.4 Å². The number of benzene rings is 1. The fourth-order valence-electron chi connectivity index (χ4n) is 2.55. The van der Waals surface area contributed by atoms with Gasteiger partial charge in [-0.3, -0.25) is 4.90 Å². The van der Waals surface area contributed by atoms with Gasteiger partial charge in [-0.25, -0.2) is 0 Å². The van der Waals surface area contributed by atoms with Crippen molar-refractivity contribution in [3.63, 3.8) is 0 Å². The van der Waals surface area contributed by atoms with Gasteiger partial charge in [0.2, 0.25) is 0 Å². The molecule has 0 spiro atoms. The molecule has 0 aliphatic carbocycles. The molecular formula is C14H21NO2. The zero-order chi connectivity index (χ0) is 12.1. The van der Waals surface area contributed by atoms with E-state index in [9.17, 15) is 10.2 Å². The van der Waals surface area contributed by atoms with Crippen LogP contribution < -0.4 is 0 Å². The lowest BCUT2D eigenvalue weighted by Crippen LogP contribution is -2.38. The molecule has 94 valence electrons. The van der Waals surface area contributed by atoms with Crippen LogP contribution in [0.25, 0.3) is 0 Å². The number of aliphatic hydroxyl groups is 2. The number of likely N-dealkylation sites (tertiary alicyclic amines) is 1. The van der Waals surface area contributed by atoms with Gasteiger partial charge in [0.05, 0.1) is 18.8 Å². The summed E-state index contributed by atoms with van der Waals surface area (Å²) in [4.78, 5) is 2.20. The third-order valence-corrected chi connectivity index (χ3v) is 3.57. The summed E-state index contributed by atoms with van der Waals surface area (Å²) in [6, 6.07) is 10.4. The summed E-state index contributed by atoms with van der Waals surface area (Å²) in [5.74, 6) is 0. The van der Waals surface area contributed by atoms with E-state index in [1.165, 1.54) is 5.56 Å². The Bertz CT molecular complexity index is 328. The molecule has 0 saturated carbocycles. The first-order valence-corrected chi connectivity index (χ1v) is 6.38. The topological polar surface area (TPSA) is 43.7 Å². The smallest absolute Gasteiger partial charge is 0.0729 e. The van der Waals surface area contributed by atoms with Gasteiger partial charge in [-0.2, -0.15) is 0 Å². The highest BCUT2D eigenvalue weighted by Crippen LogP contribution is 2.18. The average molecular weight is 235 g/mol. The molecule has 0 aromatic heterocycles. The van der Waals surface area contributed by atoms with Gasteiger partial charge < -0.3 is 10.2 Å². The van der Waals surface area contributed by atoms with E-state index in [2.05, 4.69) is 29.2 Å². The van der Waals surface area contributed by atoms with E-state index in [1.807, 2.05) is 6.07 Å². The van der Waals surface area contributed by atoms with Crippen LogP contribution in [0.2, 0.25) is 0 Å². The maximum Gasteiger partial charge on any atom is 0.0729 e. The van der Waals surface area contributed by atoms with Crippen LogP contribution in [0.5, 0.6) is 0 Å². The lowest BCUT2D eigenvalue weighted by molar-refractivity contribution is 0.0710. The zero-order valence-corrected chi connectivity index (χ0v) is 10.1. The molecule has 0 radical (unpaired) electrons. The predicted octanol–water partition coefficient (Wildman–Crippen LogP) is 1.05. The van der Waals surface area contributed by atoms with Gasteiger partial charge in [0.15, 0.2) is 0 Å². The Morgan fingerprint density at radius 2 is 2.00 bits per heavy atom. The van der Waals surface area contributed by atoms with Crippen LogP contribution in [0.3, 0.4) is 0 Å². The summed E-state index contributed by atoms with van der Waals surface area (Å²) in [5.41, 5.74) is 1.35. The van der Waals surface area contributed by atoms with E-state index in [-0.39, 0.29) is 18.8 Å². The second kappa shape index (κ2) is 6.15. The highest BCUT2D eigenvalue weighted by atomic mass is 16.3. The lowest BCUT2D eigenvalue weighted by atomic mass is 10.1. The van der Waals surface area contributed by atoms with Gasteiger partial charge in [0.25, 0.3) is 0 Å². The molecule has 2 atom stereocenters. The van der Waals surface area contributed by atoms with E-state index in [0.717, 1.165) is 32.4 Å². The van der Waals surface area contributed by atoms with Crippen molar-refractivity contribution >= 4 is 0 Å². The molecule has 17 heavy (non-hydrogen) atoms. The summed E-state index contributed by atoms with van der Waals surface area (Å²) >= 11 is 0. The monoisotopic (exact) mass is 235 g/mol. The molecule has 1 fully saturated rings. The van der Waals surface area contributed by atoms with Crippen LogP contribution >= 0.6 is 0 Å². The van der Waals surface area contributed by atoms with E-state index in [4.69, 9.17) is 0 Å². The maximum atomic E-state index is 9.67. The van der Waals surface area contributed by atoms with Crippen LogP contribution in [0, 0.1) is 0 Å². The first-order valence-electron chi connectivity index (χ1n) is 6.38. The second-order valence-corrected chi connectivity index (χ2v) is 4.73. The van der Waals surface area contributed by atoms with Crippen LogP contribution in [-0.4, -0.2) is 47.0 Å². The molecule has 1 saturated heterocycles. The minimum atomic E-state index is -0.350. The molecule has 1 heterocycles. The molecule has 1 aromatic carbocycles. The normalized spacial score (nSPS) is 25.3. The van der Waals surface area contributed by atoms with E-state index in [0.29, 0.717) is 0 Å². The number of hydrogen-bond acceptors (Lipinski definition) is 3. The fraction of sp³-hybridized carbons (Fsp3) is 0.571. The minimum absolute atomic E-state index is 0.0502. The van der Waals surface area contributed by atoms with Gasteiger partial charge in [-0.15, -0.1) is 0 Å². The molecule has 2 N–H and O–H groups in total. The van der Waals surface area contributed by atoms with Crippen molar-refractivity contribution in [1.29, 1.82) is 0 Å². The van der Waals surface area contributed by atoms with Crippen LogP contribution in [0.15, 0.2) is 30.3 Å². The van der Waals surface area contributed by atoms with Crippen molar-refractivity contribution < 1.29 is 10.2 Å². The minimum Gasteiger partial charge on any atom is -0.395 e. The number of aliphatic hydroxyl groups excluding tert-OH is 2. The number of rotatable bonds is 5. The Labute approximate surface area is 103 Å². The summed E-state index contributed by atoms with van der Waals surface area (Å²) < 4.78 is 0. The lowest BCUT2D eigenvalue weighted by Gasteiger charge is -2.24. The van der Waals surface area contributed by atoms with E-state index >= 15 is 0 Å². The molecule has 0 amide bonds. The fourth-order valence-corrected chi connectivity index (χ4v) is 2.55. The van der Waals surface area contributed by atoms with Crippen molar-refractivity contribution in [1.82, 2.24) is 4.90 Å².